The van der Waals surface area contributed by atoms with Crippen molar-refractivity contribution in [3.8, 4) is 0 Å². The average molecular weight is 532 g/mol. The van der Waals surface area contributed by atoms with Crippen molar-refractivity contribution >= 4 is 17.5 Å². The Morgan fingerprint density at radius 2 is 1.92 bits per heavy atom. The maximum absolute atomic E-state index is 14.9. The van der Waals surface area contributed by atoms with Crippen LogP contribution in [0, 0.1) is 38.1 Å². The number of halogens is 1. The van der Waals surface area contributed by atoms with Crippen LogP contribution in [0.15, 0.2) is 24.3 Å². The normalized spacial score (nSPS) is 22.3. The second-order valence-corrected chi connectivity index (χ2v) is 11.6. The molecule has 1 aliphatic heterocycles. The first kappa shape index (κ1) is 26.9. The summed E-state index contributed by atoms with van der Waals surface area (Å²) in [5.41, 5.74) is 0.960. The third-order valence-corrected chi connectivity index (χ3v) is 8.41. The Labute approximate surface area is 227 Å². The molecule has 1 saturated heterocycles. The van der Waals surface area contributed by atoms with Crippen LogP contribution in [0.4, 0.5) is 4.39 Å². The van der Waals surface area contributed by atoms with Crippen molar-refractivity contribution in [2.45, 2.75) is 90.2 Å². The molecule has 3 aromatic rings. The number of aryl methyl sites for hydroxylation is 3. The second kappa shape index (κ2) is 10.1. The Kier molecular flexibility index (Phi) is 7.00. The molecule has 2 aromatic heterocycles. The Balaban J connectivity index is 1.35. The van der Waals surface area contributed by atoms with Crippen molar-refractivity contribution < 1.29 is 18.7 Å². The molecule has 1 saturated carbocycles. The first-order valence-corrected chi connectivity index (χ1v) is 13.6. The summed E-state index contributed by atoms with van der Waals surface area (Å²) in [6.07, 6.45) is 5.00. The molecule has 0 radical (unpaired) electrons. The van der Waals surface area contributed by atoms with Gasteiger partial charge in [0.15, 0.2) is 11.6 Å². The summed E-state index contributed by atoms with van der Waals surface area (Å²) in [5.74, 6) is -1.13. The molecule has 3 heterocycles. The molecule has 1 aromatic carbocycles. The lowest BCUT2D eigenvalue weighted by atomic mass is 9.73. The van der Waals surface area contributed by atoms with Gasteiger partial charge in [-0.3, -0.25) is 9.59 Å². The van der Waals surface area contributed by atoms with Crippen LogP contribution >= 0.6 is 0 Å². The van der Waals surface area contributed by atoms with Crippen molar-refractivity contribution in [1.82, 2.24) is 19.6 Å². The minimum atomic E-state index is -0.953. The molecule has 0 N–H and O–H groups in total. The number of ether oxygens (including phenoxy) is 1. The predicted molar refractivity (Wildman–Crippen MR) is 142 cm³/mol. The van der Waals surface area contributed by atoms with Crippen LogP contribution in [0.5, 0.6) is 0 Å². The minimum absolute atomic E-state index is 0.0732. The standard InChI is InChI=1S/C30H34FN5O3/c1-18-14-19(2)36-28(33-18)34-26(35-36)16-22-25(37)17-30(39-27(22)38,21-8-6-7-9-21)13-12-20-10-11-23(24(31)15-20)29(3,4)32-5/h10-11,14-15,21-22H,6-9,12-13,16-17H2,1-4H3/t22?,30-/m1/s1. The van der Waals surface area contributed by atoms with Gasteiger partial charge in [-0.05, 0) is 69.2 Å². The van der Waals surface area contributed by atoms with Crippen molar-refractivity contribution in [2.24, 2.45) is 11.8 Å². The van der Waals surface area contributed by atoms with Crippen LogP contribution in [-0.2, 0) is 32.7 Å². The largest absolute Gasteiger partial charge is 0.458 e. The van der Waals surface area contributed by atoms with Crippen molar-refractivity contribution in [1.29, 1.82) is 0 Å². The van der Waals surface area contributed by atoms with Gasteiger partial charge in [0.1, 0.15) is 17.3 Å². The van der Waals surface area contributed by atoms with E-state index in [0.29, 0.717) is 30.0 Å². The molecule has 0 spiro atoms. The van der Waals surface area contributed by atoms with E-state index in [0.717, 1.165) is 42.6 Å². The van der Waals surface area contributed by atoms with E-state index >= 15 is 0 Å². The van der Waals surface area contributed by atoms with Gasteiger partial charge in [-0.1, -0.05) is 18.9 Å². The van der Waals surface area contributed by atoms with Gasteiger partial charge in [0.25, 0.3) is 11.3 Å². The summed E-state index contributed by atoms with van der Waals surface area (Å²) in [6, 6.07) is 6.86. The smallest absolute Gasteiger partial charge is 0.317 e. The highest BCUT2D eigenvalue weighted by atomic mass is 19.1. The summed E-state index contributed by atoms with van der Waals surface area (Å²) in [4.78, 5) is 39.3. The number of benzene rings is 1. The molecule has 9 heteroatoms. The van der Waals surface area contributed by atoms with E-state index in [4.69, 9.17) is 11.3 Å². The Morgan fingerprint density at radius 1 is 1.18 bits per heavy atom. The fourth-order valence-corrected chi connectivity index (χ4v) is 6.18. The number of esters is 1. The van der Waals surface area contributed by atoms with E-state index in [2.05, 4.69) is 19.9 Å². The number of hydrogen-bond donors (Lipinski definition) is 0. The molecular formula is C30H34FN5O3. The van der Waals surface area contributed by atoms with E-state index in [1.807, 2.05) is 26.0 Å². The van der Waals surface area contributed by atoms with E-state index in [1.165, 1.54) is 6.07 Å². The summed E-state index contributed by atoms with van der Waals surface area (Å²) in [5, 5.41) is 4.47. The number of hydrogen-bond acceptors (Lipinski definition) is 6. The summed E-state index contributed by atoms with van der Waals surface area (Å²) in [7, 11) is 0. The number of carbonyl (C=O) groups excluding carboxylic acids is 2. The fraction of sp³-hybridized carbons (Fsp3) is 0.533. The van der Waals surface area contributed by atoms with Gasteiger partial charge >= 0.3 is 5.97 Å². The van der Waals surface area contributed by atoms with Crippen LogP contribution in [0.25, 0.3) is 10.6 Å². The van der Waals surface area contributed by atoms with Crippen LogP contribution < -0.4 is 0 Å². The Bertz CT molecular complexity index is 1460. The molecule has 8 nitrogen and oxygen atoms in total. The van der Waals surface area contributed by atoms with Gasteiger partial charge in [0.05, 0.1) is 5.56 Å². The fourth-order valence-electron chi connectivity index (χ4n) is 6.18. The van der Waals surface area contributed by atoms with Crippen LogP contribution in [0.2, 0.25) is 0 Å². The molecule has 2 fully saturated rings. The lowest BCUT2D eigenvalue weighted by Gasteiger charge is -2.43. The first-order valence-electron chi connectivity index (χ1n) is 13.6. The number of nitrogens with zero attached hydrogens (tertiary/aromatic N) is 5. The number of aromatic nitrogens is 4. The topological polar surface area (TPSA) is 90.8 Å². The predicted octanol–water partition coefficient (Wildman–Crippen LogP) is 5.27. The average Bonchev–Trinajstić information content (AvgIpc) is 3.56. The van der Waals surface area contributed by atoms with Crippen molar-refractivity contribution in [3.63, 3.8) is 0 Å². The van der Waals surface area contributed by atoms with Gasteiger partial charge in [0, 0.05) is 38.1 Å². The maximum Gasteiger partial charge on any atom is 0.317 e. The number of ketones is 1. The highest BCUT2D eigenvalue weighted by Crippen LogP contribution is 2.45. The molecule has 0 amide bonds. The van der Waals surface area contributed by atoms with E-state index in [1.54, 1.807) is 24.4 Å². The number of rotatable bonds is 7. The Hall–Kier alpha value is -3.67. The minimum Gasteiger partial charge on any atom is -0.458 e. The zero-order valence-electron chi connectivity index (χ0n) is 23.0. The summed E-state index contributed by atoms with van der Waals surface area (Å²) >= 11 is 0. The number of fused-ring (bicyclic) bond motifs is 1. The third-order valence-electron chi connectivity index (χ3n) is 8.41. The SMILES string of the molecule is [C-]#[N+]C(C)(C)c1ccc(CC[C@]2(C3CCCC3)CC(=O)C(Cc3nc4nc(C)cc(C)n4n3)C(=O)O2)cc1F. The van der Waals surface area contributed by atoms with Gasteiger partial charge in [-0.15, -0.1) is 5.10 Å². The van der Waals surface area contributed by atoms with Gasteiger partial charge in [-0.2, -0.15) is 4.98 Å². The highest BCUT2D eigenvalue weighted by Gasteiger charge is 2.51. The van der Waals surface area contributed by atoms with E-state index in [-0.39, 0.29) is 24.5 Å². The molecule has 1 aliphatic carbocycles. The van der Waals surface area contributed by atoms with Crippen LogP contribution in [0.1, 0.15) is 80.7 Å². The number of Topliss-reactive ketones (excluding diaryl/α,β-unsaturated/α-hetero) is 1. The number of cyclic esters (lactones) is 1. The summed E-state index contributed by atoms with van der Waals surface area (Å²) in [6.45, 7) is 14.5. The second-order valence-electron chi connectivity index (χ2n) is 11.6. The van der Waals surface area contributed by atoms with Crippen LogP contribution in [-0.4, -0.2) is 36.9 Å². The maximum atomic E-state index is 14.9. The molecule has 0 bridgehead atoms. The highest BCUT2D eigenvalue weighted by molar-refractivity contribution is 6.01. The van der Waals surface area contributed by atoms with Crippen LogP contribution in [0.3, 0.4) is 0 Å². The van der Waals surface area contributed by atoms with E-state index in [9.17, 15) is 14.0 Å². The molecule has 5 rings (SSSR count). The van der Waals surface area contributed by atoms with Crippen molar-refractivity contribution in [2.75, 3.05) is 0 Å². The monoisotopic (exact) mass is 531 g/mol. The first-order chi connectivity index (χ1) is 18.5. The molecule has 39 heavy (non-hydrogen) atoms. The zero-order valence-corrected chi connectivity index (χ0v) is 23.0. The van der Waals surface area contributed by atoms with Crippen molar-refractivity contribution in [3.05, 3.63) is 69.8 Å². The molecule has 1 unspecified atom stereocenters. The lowest BCUT2D eigenvalue weighted by molar-refractivity contribution is -0.185. The Morgan fingerprint density at radius 3 is 2.59 bits per heavy atom. The molecular weight excluding hydrogens is 497 g/mol. The van der Waals surface area contributed by atoms with E-state index < -0.39 is 28.8 Å². The molecule has 204 valence electrons. The lowest BCUT2D eigenvalue weighted by Crippen LogP contribution is -2.52. The van der Waals surface area contributed by atoms with Gasteiger partial charge in [0.2, 0.25) is 0 Å². The van der Waals surface area contributed by atoms with Gasteiger partial charge < -0.3 is 9.58 Å². The summed E-state index contributed by atoms with van der Waals surface area (Å²) < 4.78 is 22.7. The molecule has 2 aliphatic rings. The quantitative estimate of drug-likeness (QED) is 0.234. The number of carbonyl (C=O) groups is 2. The van der Waals surface area contributed by atoms with Gasteiger partial charge in [-0.25, -0.2) is 20.5 Å². The molecule has 2 atom stereocenters. The zero-order chi connectivity index (χ0) is 27.9. The third kappa shape index (κ3) is 5.17.